The maximum atomic E-state index is 11.2. The van der Waals surface area contributed by atoms with Crippen LogP contribution in [0.3, 0.4) is 0 Å². The summed E-state index contributed by atoms with van der Waals surface area (Å²) in [7, 11) is 0. The number of fused-ring (bicyclic) bond motifs is 2. The molecular weight excluding hydrogens is 308 g/mol. The van der Waals surface area contributed by atoms with Gasteiger partial charge in [0.1, 0.15) is 0 Å². The van der Waals surface area contributed by atoms with Gasteiger partial charge < -0.3 is 9.47 Å². The van der Waals surface area contributed by atoms with E-state index in [-0.39, 0.29) is 17.5 Å². The average molecular weight is 331 g/mol. The van der Waals surface area contributed by atoms with Crippen molar-refractivity contribution in [3.05, 3.63) is 11.6 Å². The number of hydrogen-bond acceptors (Lipinski definition) is 3. The highest BCUT2D eigenvalue weighted by atomic mass is 79.9. The van der Waals surface area contributed by atoms with Crippen LogP contribution in [0.15, 0.2) is 11.6 Å². The molecule has 0 radical (unpaired) electrons. The van der Waals surface area contributed by atoms with Gasteiger partial charge in [-0.1, -0.05) is 41.4 Å². The van der Waals surface area contributed by atoms with Crippen molar-refractivity contribution in [2.45, 2.75) is 33.8 Å². The molecule has 1 aliphatic carbocycles. The minimum absolute atomic E-state index is 0.0749. The minimum atomic E-state index is -0.209. The number of alkyl halides is 1. The lowest BCUT2D eigenvalue weighted by Crippen LogP contribution is -2.57. The molecule has 1 saturated heterocycles. The van der Waals surface area contributed by atoms with E-state index >= 15 is 0 Å². The number of carbonyl (C=O) groups is 1. The Morgan fingerprint density at radius 3 is 2.84 bits per heavy atom. The van der Waals surface area contributed by atoms with Crippen LogP contribution in [0.2, 0.25) is 0 Å². The van der Waals surface area contributed by atoms with Crippen molar-refractivity contribution in [1.82, 2.24) is 0 Å². The van der Waals surface area contributed by atoms with Gasteiger partial charge in [-0.15, -0.1) is 0 Å². The van der Waals surface area contributed by atoms with E-state index in [0.29, 0.717) is 31.0 Å². The van der Waals surface area contributed by atoms with Crippen molar-refractivity contribution in [3.63, 3.8) is 0 Å². The van der Waals surface area contributed by atoms with Crippen LogP contribution in [0.1, 0.15) is 27.7 Å². The van der Waals surface area contributed by atoms with Gasteiger partial charge in [-0.05, 0) is 18.8 Å². The fourth-order valence-electron chi connectivity index (χ4n) is 3.76. The second-order valence-electron chi connectivity index (χ2n) is 6.03. The van der Waals surface area contributed by atoms with Crippen molar-refractivity contribution < 1.29 is 14.3 Å². The Labute approximate surface area is 123 Å². The Balaban J connectivity index is 2.31. The van der Waals surface area contributed by atoms with Crippen LogP contribution in [-0.2, 0) is 14.3 Å². The Morgan fingerprint density at radius 2 is 2.26 bits per heavy atom. The highest BCUT2D eigenvalue weighted by Gasteiger charge is 2.53. The summed E-state index contributed by atoms with van der Waals surface area (Å²) in [5, 5.41) is 0.852. The molecule has 1 aliphatic heterocycles. The molecule has 4 heteroatoms. The van der Waals surface area contributed by atoms with Crippen molar-refractivity contribution in [2.75, 3.05) is 18.5 Å². The summed E-state index contributed by atoms with van der Waals surface area (Å²) in [6, 6.07) is 0. The van der Waals surface area contributed by atoms with E-state index in [1.165, 1.54) is 12.5 Å². The number of allylic oxidation sites excluding steroid dienone is 1. The molecule has 5 atom stereocenters. The highest BCUT2D eigenvalue weighted by molar-refractivity contribution is 9.09. The maximum Gasteiger partial charge on any atom is 0.302 e. The fraction of sp³-hybridized carbons (Fsp3) is 0.800. The van der Waals surface area contributed by atoms with Gasteiger partial charge in [0.25, 0.3) is 0 Å². The predicted molar refractivity (Wildman–Crippen MR) is 78.2 cm³/mol. The van der Waals surface area contributed by atoms with Gasteiger partial charge in [-0.2, -0.15) is 0 Å². The third kappa shape index (κ3) is 2.49. The molecule has 0 unspecified atom stereocenters. The van der Waals surface area contributed by atoms with Crippen LogP contribution in [0, 0.1) is 23.2 Å². The standard InChI is InChI=1S/C15H23BrO3/c1-9-5-10(2)15(7-18-12(4)17)8-19-13(6-16)14(9)11(15)3/h5,10-11,13-14H,6-8H2,1-4H3/t10-,11+,13-,14+,15-/m0/s1. The summed E-state index contributed by atoms with van der Waals surface area (Å²) in [4.78, 5) is 11.2. The molecule has 2 aliphatic rings. The molecule has 0 aromatic rings. The van der Waals surface area contributed by atoms with Crippen LogP contribution in [0.25, 0.3) is 0 Å². The first-order valence-electron chi connectivity index (χ1n) is 6.91. The maximum absolute atomic E-state index is 11.2. The molecule has 2 bridgehead atoms. The first kappa shape index (κ1) is 15.0. The number of ether oxygens (including phenoxy) is 2. The van der Waals surface area contributed by atoms with Crippen molar-refractivity contribution >= 4 is 21.9 Å². The second kappa shape index (κ2) is 5.57. The normalized spacial score (nSPS) is 41.6. The average Bonchev–Trinajstić information content (AvgIpc) is 2.34. The summed E-state index contributed by atoms with van der Waals surface area (Å²) in [5.74, 6) is 1.04. The van der Waals surface area contributed by atoms with E-state index in [0.717, 1.165) is 5.33 Å². The minimum Gasteiger partial charge on any atom is -0.465 e. The molecule has 3 nitrogen and oxygen atoms in total. The third-order valence-electron chi connectivity index (χ3n) is 5.05. The van der Waals surface area contributed by atoms with E-state index in [2.05, 4.69) is 42.8 Å². The first-order chi connectivity index (χ1) is 8.92. The van der Waals surface area contributed by atoms with Crippen molar-refractivity contribution in [2.24, 2.45) is 23.2 Å². The quantitative estimate of drug-likeness (QED) is 0.453. The first-order valence-corrected chi connectivity index (χ1v) is 8.03. The lowest BCUT2D eigenvalue weighted by Gasteiger charge is -2.55. The number of rotatable bonds is 3. The van der Waals surface area contributed by atoms with Crippen LogP contribution in [0.4, 0.5) is 0 Å². The van der Waals surface area contributed by atoms with Crippen LogP contribution < -0.4 is 0 Å². The Hall–Kier alpha value is -0.350. The largest absolute Gasteiger partial charge is 0.465 e. The molecule has 0 aromatic carbocycles. The van der Waals surface area contributed by atoms with Crippen molar-refractivity contribution in [3.8, 4) is 0 Å². The summed E-state index contributed by atoms with van der Waals surface area (Å²) >= 11 is 3.55. The number of hydrogen-bond donors (Lipinski definition) is 0. The smallest absolute Gasteiger partial charge is 0.302 e. The van der Waals surface area contributed by atoms with E-state index in [1.54, 1.807) is 0 Å². The van der Waals surface area contributed by atoms with Crippen LogP contribution >= 0.6 is 15.9 Å². The summed E-state index contributed by atoms with van der Waals surface area (Å²) in [6.07, 6.45) is 2.57. The van der Waals surface area contributed by atoms with E-state index < -0.39 is 0 Å². The van der Waals surface area contributed by atoms with Crippen LogP contribution in [0.5, 0.6) is 0 Å². The number of carbonyl (C=O) groups excluding carboxylic acids is 1. The van der Waals surface area contributed by atoms with Crippen LogP contribution in [-0.4, -0.2) is 30.6 Å². The lowest BCUT2D eigenvalue weighted by molar-refractivity contribution is -0.174. The topological polar surface area (TPSA) is 35.5 Å². The molecule has 108 valence electrons. The van der Waals surface area contributed by atoms with Gasteiger partial charge in [0.2, 0.25) is 0 Å². The van der Waals surface area contributed by atoms with Crippen molar-refractivity contribution in [1.29, 1.82) is 0 Å². The van der Waals surface area contributed by atoms with Gasteiger partial charge in [0.05, 0.1) is 19.3 Å². The molecule has 1 heterocycles. The van der Waals surface area contributed by atoms with Gasteiger partial charge in [0.15, 0.2) is 0 Å². The summed E-state index contributed by atoms with van der Waals surface area (Å²) in [5.41, 5.74) is 1.33. The number of halogens is 1. The summed E-state index contributed by atoms with van der Waals surface area (Å²) in [6.45, 7) is 9.27. The van der Waals surface area contributed by atoms with Gasteiger partial charge in [0, 0.05) is 23.6 Å². The molecule has 0 N–H and O–H groups in total. The summed E-state index contributed by atoms with van der Waals surface area (Å²) < 4.78 is 11.4. The molecular formula is C15H23BrO3. The van der Waals surface area contributed by atoms with Gasteiger partial charge >= 0.3 is 5.97 Å². The Bertz CT molecular complexity index is 393. The van der Waals surface area contributed by atoms with E-state index in [4.69, 9.17) is 9.47 Å². The molecule has 0 saturated carbocycles. The SMILES string of the molecule is CC(=O)OC[C@]12CO[C@@H](CBr)[C@H](C(C)=C[C@@H]1C)[C@H]2C. The zero-order valence-electron chi connectivity index (χ0n) is 12.1. The third-order valence-corrected chi connectivity index (χ3v) is 5.69. The highest BCUT2D eigenvalue weighted by Crippen LogP contribution is 2.52. The Morgan fingerprint density at radius 1 is 1.58 bits per heavy atom. The lowest BCUT2D eigenvalue weighted by atomic mass is 9.56. The second-order valence-corrected chi connectivity index (χ2v) is 6.68. The zero-order chi connectivity index (χ0) is 14.2. The predicted octanol–water partition coefficient (Wildman–Crippen LogP) is 3.18. The molecule has 19 heavy (non-hydrogen) atoms. The molecule has 2 rings (SSSR count). The monoisotopic (exact) mass is 330 g/mol. The molecule has 1 fully saturated rings. The van der Waals surface area contributed by atoms with E-state index in [1.807, 2.05) is 0 Å². The Kier molecular flexibility index (Phi) is 4.41. The van der Waals surface area contributed by atoms with E-state index in [9.17, 15) is 4.79 Å². The number of esters is 1. The van der Waals surface area contributed by atoms with Gasteiger partial charge in [-0.3, -0.25) is 4.79 Å². The fourth-order valence-corrected chi connectivity index (χ4v) is 4.35. The van der Waals surface area contributed by atoms with Gasteiger partial charge in [-0.25, -0.2) is 0 Å². The molecule has 0 spiro atoms. The zero-order valence-corrected chi connectivity index (χ0v) is 13.7. The molecule has 0 amide bonds. The molecule has 0 aromatic heterocycles.